The Balaban J connectivity index is 3.64. The summed E-state index contributed by atoms with van der Waals surface area (Å²) in [5.41, 5.74) is 0. The summed E-state index contributed by atoms with van der Waals surface area (Å²) in [6.07, 6.45) is 4.13. The van der Waals surface area contributed by atoms with Crippen LogP contribution in [-0.2, 0) is 4.79 Å². The molecule has 0 heterocycles. The van der Waals surface area contributed by atoms with Crippen molar-refractivity contribution >= 4 is 45.3 Å². The molecule has 0 N–H and O–H groups in total. The molecule has 10 heavy (non-hydrogen) atoms. The summed E-state index contributed by atoms with van der Waals surface area (Å²) in [5, 5.41) is 0. The second-order valence-corrected chi connectivity index (χ2v) is 10.6. The number of allylic oxidation sites excluding steroid dienone is 1. The van der Waals surface area contributed by atoms with E-state index in [9.17, 15) is 4.79 Å². The van der Waals surface area contributed by atoms with E-state index in [1.165, 1.54) is 18.4 Å². The molecule has 0 radical (unpaired) electrons. The van der Waals surface area contributed by atoms with Crippen molar-refractivity contribution in [2.24, 2.45) is 4.99 Å². The zero-order chi connectivity index (χ0) is 8.04. The number of hydrogen-bond acceptors (Lipinski definition) is 2. The van der Waals surface area contributed by atoms with Crippen molar-refractivity contribution in [3.8, 4) is 0 Å². The Labute approximate surface area is 73.6 Å². The van der Waals surface area contributed by atoms with Crippen LogP contribution in [0.15, 0.2) is 17.3 Å². The normalized spacial score (nSPS) is 11.5. The summed E-state index contributed by atoms with van der Waals surface area (Å²) in [6, 6.07) is -2.20. The van der Waals surface area contributed by atoms with Gasteiger partial charge in [-0.1, -0.05) is 6.08 Å². The Morgan fingerprint density at radius 3 is 2.50 bits per heavy atom. The highest BCUT2D eigenvalue weighted by atomic mass is 35.8. The highest BCUT2D eigenvalue weighted by Gasteiger charge is 2.22. The Morgan fingerprint density at radius 2 is 2.10 bits per heavy atom. The number of rotatable bonds is 3. The van der Waals surface area contributed by atoms with Gasteiger partial charge in [-0.2, -0.15) is 4.99 Å². The zero-order valence-corrected chi connectivity index (χ0v) is 8.12. The summed E-state index contributed by atoms with van der Waals surface area (Å²) in [5.74, 6) is 0. The zero-order valence-electron chi connectivity index (χ0n) is 4.85. The van der Waals surface area contributed by atoms with E-state index >= 15 is 0 Å². The number of hydrogen-bond donors (Lipinski definition) is 0. The van der Waals surface area contributed by atoms with Gasteiger partial charge in [0.05, 0.1) is 0 Å². The molecule has 0 atom stereocenters. The van der Waals surface area contributed by atoms with Gasteiger partial charge in [0.1, 0.15) is 0 Å². The number of nitrogens with zero attached hydrogens (tertiary/aromatic N) is 1. The molecule has 0 fully saturated rings. The van der Waals surface area contributed by atoms with E-state index in [2.05, 4.69) is 4.99 Å². The van der Waals surface area contributed by atoms with Gasteiger partial charge in [0.25, 0.3) is 0 Å². The maximum atomic E-state index is 9.50. The maximum Gasteiger partial charge on any atom is 0.345 e. The largest absolute Gasteiger partial charge is 0.345 e. The molecular weight excluding hydrogens is 212 g/mol. The molecule has 0 unspecified atom stereocenters. The molecule has 0 bridgehead atoms. The minimum absolute atomic E-state index is 0.364. The van der Waals surface area contributed by atoms with E-state index in [0.717, 1.165) is 0 Å². The van der Waals surface area contributed by atoms with Crippen LogP contribution in [0, 0.1) is 0 Å². The quantitative estimate of drug-likeness (QED) is 0.308. The molecular formula is C4H4Cl3NOSi. The Bertz CT molecular complexity index is 170. The van der Waals surface area contributed by atoms with Crippen molar-refractivity contribution in [3.63, 3.8) is 0 Å². The molecule has 0 saturated carbocycles. The molecule has 0 aliphatic heterocycles. The van der Waals surface area contributed by atoms with Crippen LogP contribution in [0.25, 0.3) is 0 Å². The van der Waals surface area contributed by atoms with Crippen LogP contribution in [0.3, 0.4) is 0 Å². The van der Waals surface area contributed by atoms with Crippen molar-refractivity contribution in [2.45, 2.75) is 6.04 Å². The average Bonchev–Trinajstić information content (AvgIpc) is 1.78. The molecule has 0 saturated heterocycles. The lowest BCUT2D eigenvalue weighted by molar-refractivity contribution is 0.565. The summed E-state index contributed by atoms with van der Waals surface area (Å²) in [4.78, 5) is 12.6. The van der Waals surface area contributed by atoms with Gasteiger partial charge in [0.2, 0.25) is 6.08 Å². The fraction of sp³-hybridized carbons (Fsp3) is 0.250. The van der Waals surface area contributed by atoms with Crippen LogP contribution in [0.5, 0.6) is 0 Å². The summed E-state index contributed by atoms with van der Waals surface area (Å²) < 4.78 is 0. The highest BCUT2D eigenvalue weighted by Crippen LogP contribution is 2.24. The lowest BCUT2D eigenvalue weighted by Crippen LogP contribution is -2.05. The minimum atomic E-state index is -2.57. The van der Waals surface area contributed by atoms with Crippen LogP contribution in [-0.4, -0.2) is 12.1 Å². The van der Waals surface area contributed by atoms with E-state index in [0.29, 0.717) is 6.04 Å². The third-order valence-corrected chi connectivity index (χ3v) is 2.67. The van der Waals surface area contributed by atoms with Gasteiger partial charge >= 0.3 is 6.00 Å². The van der Waals surface area contributed by atoms with Gasteiger partial charge in [-0.15, -0.1) is 33.2 Å². The summed E-state index contributed by atoms with van der Waals surface area (Å²) >= 11 is 16.5. The van der Waals surface area contributed by atoms with E-state index in [-0.39, 0.29) is 0 Å². The molecule has 0 rings (SSSR count). The monoisotopic (exact) mass is 215 g/mol. The lowest BCUT2D eigenvalue weighted by atomic mass is 10.7. The second-order valence-electron chi connectivity index (χ2n) is 1.42. The first-order valence-electron chi connectivity index (χ1n) is 2.35. The maximum absolute atomic E-state index is 9.50. The molecule has 56 valence electrons. The van der Waals surface area contributed by atoms with E-state index in [1.807, 2.05) is 0 Å². The van der Waals surface area contributed by atoms with Gasteiger partial charge in [-0.3, -0.25) is 0 Å². The van der Waals surface area contributed by atoms with Gasteiger partial charge in [-0.25, -0.2) is 4.79 Å². The van der Waals surface area contributed by atoms with Crippen LogP contribution < -0.4 is 0 Å². The molecule has 0 aromatic rings. The van der Waals surface area contributed by atoms with Crippen LogP contribution in [0.1, 0.15) is 0 Å². The van der Waals surface area contributed by atoms with Crippen molar-refractivity contribution < 1.29 is 4.79 Å². The van der Waals surface area contributed by atoms with Crippen LogP contribution >= 0.6 is 33.2 Å². The highest BCUT2D eigenvalue weighted by molar-refractivity contribution is 7.64. The topological polar surface area (TPSA) is 29.4 Å². The van der Waals surface area contributed by atoms with Crippen LogP contribution in [0.4, 0.5) is 0 Å². The Hall–Kier alpha value is 0.207. The second kappa shape index (κ2) is 4.94. The predicted molar refractivity (Wildman–Crippen MR) is 45.4 cm³/mol. The number of isocyanates is 1. The molecule has 0 aliphatic carbocycles. The summed E-state index contributed by atoms with van der Waals surface area (Å²) in [7, 11) is 0. The van der Waals surface area contributed by atoms with E-state index < -0.39 is 6.00 Å². The molecule has 6 heteroatoms. The molecule has 0 spiro atoms. The number of aliphatic imine (C=N–C) groups is 1. The number of halogens is 3. The third-order valence-electron chi connectivity index (χ3n) is 0.582. The van der Waals surface area contributed by atoms with Crippen molar-refractivity contribution in [1.29, 1.82) is 0 Å². The van der Waals surface area contributed by atoms with Crippen LogP contribution in [0.2, 0.25) is 6.04 Å². The first-order valence-corrected chi connectivity index (χ1v) is 7.59. The SMILES string of the molecule is O=C=NC=CC[Si](Cl)(Cl)Cl. The lowest BCUT2D eigenvalue weighted by Gasteiger charge is -1.99. The van der Waals surface area contributed by atoms with Gasteiger partial charge < -0.3 is 0 Å². The molecule has 0 aliphatic rings. The standard InChI is InChI=1S/C4H4Cl3NOSi/c5-10(6,7)3-1-2-8-4-9/h1-2H,3H2. The number of carbonyl (C=O) groups excluding carboxylic acids is 1. The fourth-order valence-corrected chi connectivity index (χ4v) is 1.44. The molecule has 0 aromatic heterocycles. The minimum Gasteiger partial charge on any atom is -0.211 e. The molecule has 0 aromatic carbocycles. The third kappa shape index (κ3) is 8.21. The fourth-order valence-electron chi connectivity index (χ4n) is 0.269. The first-order chi connectivity index (χ1) is 4.56. The smallest absolute Gasteiger partial charge is 0.211 e. The summed E-state index contributed by atoms with van der Waals surface area (Å²) in [6.45, 7) is 0. The van der Waals surface area contributed by atoms with Crippen molar-refractivity contribution in [2.75, 3.05) is 0 Å². The van der Waals surface area contributed by atoms with Gasteiger partial charge in [-0.05, 0) is 0 Å². The van der Waals surface area contributed by atoms with Gasteiger partial charge in [0, 0.05) is 12.2 Å². The van der Waals surface area contributed by atoms with Crippen molar-refractivity contribution in [1.82, 2.24) is 0 Å². The van der Waals surface area contributed by atoms with E-state index in [1.54, 1.807) is 0 Å². The Kier molecular flexibility index (Phi) is 5.04. The first kappa shape index (κ1) is 10.2. The average molecular weight is 217 g/mol. The molecule has 0 amide bonds. The predicted octanol–water partition coefficient (Wildman–Crippen LogP) is 2.49. The molecule has 2 nitrogen and oxygen atoms in total. The van der Waals surface area contributed by atoms with Gasteiger partial charge in [0.15, 0.2) is 0 Å². The van der Waals surface area contributed by atoms with Crippen molar-refractivity contribution in [3.05, 3.63) is 12.3 Å². The Morgan fingerprint density at radius 1 is 1.50 bits per heavy atom. The van der Waals surface area contributed by atoms with E-state index in [4.69, 9.17) is 33.2 Å².